The van der Waals surface area contributed by atoms with E-state index in [1.165, 1.54) is 31.4 Å². The summed E-state index contributed by atoms with van der Waals surface area (Å²) in [6.45, 7) is 7.87. The SMILES string of the molecule is COc1c(NC(=O)c2ccc(NS(C)(=O)=O)cc2)cc(-c2ccc(C)[nH]c2=O)cc1C(C)(C)C. The molecule has 3 aromatic rings. The third-order valence-corrected chi connectivity index (χ3v) is 5.77. The average Bonchev–Trinajstić information content (AvgIpc) is 2.72. The van der Waals surface area contributed by atoms with Crippen LogP contribution in [0.5, 0.6) is 5.75 Å². The Morgan fingerprint density at radius 2 is 1.68 bits per heavy atom. The molecule has 0 unspecified atom stereocenters. The van der Waals surface area contributed by atoms with Gasteiger partial charge in [0.1, 0.15) is 5.75 Å². The number of carbonyl (C=O) groups is 1. The Morgan fingerprint density at radius 3 is 2.21 bits per heavy atom. The summed E-state index contributed by atoms with van der Waals surface area (Å²) in [6, 6.07) is 13.3. The molecule has 3 N–H and O–H groups in total. The van der Waals surface area contributed by atoms with Crippen LogP contribution in [0.1, 0.15) is 42.4 Å². The highest BCUT2D eigenvalue weighted by Gasteiger charge is 2.24. The first kappa shape index (κ1) is 25.0. The summed E-state index contributed by atoms with van der Waals surface area (Å²) in [4.78, 5) is 28.5. The van der Waals surface area contributed by atoms with Gasteiger partial charge in [0.2, 0.25) is 10.0 Å². The van der Waals surface area contributed by atoms with Gasteiger partial charge in [0.25, 0.3) is 11.5 Å². The Labute approximate surface area is 199 Å². The number of carbonyl (C=O) groups excluding carboxylic acids is 1. The zero-order valence-electron chi connectivity index (χ0n) is 20.1. The Morgan fingerprint density at radius 1 is 1.03 bits per heavy atom. The monoisotopic (exact) mass is 483 g/mol. The molecule has 0 aliphatic carbocycles. The first-order valence-electron chi connectivity index (χ1n) is 10.6. The van der Waals surface area contributed by atoms with E-state index in [9.17, 15) is 18.0 Å². The third-order valence-electron chi connectivity index (χ3n) is 5.17. The van der Waals surface area contributed by atoms with E-state index in [1.54, 1.807) is 12.1 Å². The van der Waals surface area contributed by atoms with Crippen LogP contribution in [0.25, 0.3) is 11.1 Å². The molecular formula is C25H29N3O5S. The lowest BCUT2D eigenvalue weighted by atomic mass is 9.84. The smallest absolute Gasteiger partial charge is 0.256 e. The maximum Gasteiger partial charge on any atom is 0.256 e. The fourth-order valence-electron chi connectivity index (χ4n) is 3.55. The molecule has 1 aromatic heterocycles. The number of rotatable bonds is 6. The van der Waals surface area contributed by atoms with Crippen LogP contribution >= 0.6 is 0 Å². The predicted molar refractivity (Wildman–Crippen MR) is 135 cm³/mol. The van der Waals surface area contributed by atoms with Crippen LogP contribution in [-0.4, -0.2) is 32.7 Å². The first-order valence-corrected chi connectivity index (χ1v) is 12.5. The highest BCUT2D eigenvalue weighted by atomic mass is 32.2. The van der Waals surface area contributed by atoms with Crippen molar-refractivity contribution in [3.63, 3.8) is 0 Å². The molecule has 34 heavy (non-hydrogen) atoms. The first-order chi connectivity index (χ1) is 15.8. The van der Waals surface area contributed by atoms with Crippen molar-refractivity contribution in [2.45, 2.75) is 33.1 Å². The number of H-pyrrole nitrogens is 1. The largest absolute Gasteiger partial charge is 0.494 e. The van der Waals surface area contributed by atoms with E-state index < -0.39 is 15.9 Å². The number of methoxy groups -OCH3 is 1. The molecule has 1 heterocycles. The number of amides is 1. The van der Waals surface area contributed by atoms with Crippen LogP contribution in [0.15, 0.2) is 53.3 Å². The van der Waals surface area contributed by atoms with Gasteiger partial charge in [-0.25, -0.2) is 8.42 Å². The zero-order valence-corrected chi connectivity index (χ0v) is 20.9. The molecule has 0 spiro atoms. The Bertz CT molecular complexity index is 1390. The molecule has 0 saturated carbocycles. The number of nitrogens with one attached hydrogen (secondary N) is 3. The Hall–Kier alpha value is -3.59. The van der Waals surface area contributed by atoms with Crippen LogP contribution in [0, 0.1) is 6.92 Å². The second-order valence-electron chi connectivity index (χ2n) is 9.14. The number of anilines is 2. The molecule has 180 valence electrons. The predicted octanol–water partition coefficient (Wildman–Crippen LogP) is 4.28. The van der Waals surface area contributed by atoms with Gasteiger partial charge in [-0.1, -0.05) is 20.8 Å². The number of pyridine rings is 1. The Balaban J connectivity index is 2.05. The molecule has 9 heteroatoms. The zero-order chi connectivity index (χ0) is 25.3. The molecular weight excluding hydrogens is 454 g/mol. The molecule has 0 fully saturated rings. The van der Waals surface area contributed by atoms with Crippen LogP contribution in [0.3, 0.4) is 0 Å². The lowest BCUT2D eigenvalue weighted by molar-refractivity contribution is 0.102. The van der Waals surface area contributed by atoms with E-state index in [0.717, 1.165) is 17.5 Å². The van der Waals surface area contributed by atoms with Crippen molar-refractivity contribution < 1.29 is 17.9 Å². The van der Waals surface area contributed by atoms with E-state index in [4.69, 9.17) is 4.74 Å². The molecule has 0 radical (unpaired) electrons. The van der Waals surface area contributed by atoms with Crippen molar-refractivity contribution in [1.29, 1.82) is 0 Å². The van der Waals surface area contributed by atoms with Gasteiger partial charge >= 0.3 is 0 Å². The number of benzene rings is 2. The van der Waals surface area contributed by atoms with Crippen LogP contribution < -0.4 is 20.3 Å². The number of sulfonamides is 1. The summed E-state index contributed by atoms with van der Waals surface area (Å²) in [5, 5.41) is 2.88. The summed E-state index contributed by atoms with van der Waals surface area (Å²) in [7, 11) is -1.89. The van der Waals surface area contributed by atoms with Crippen molar-refractivity contribution >= 4 is 27.3 Å². The minimum absolute atomic E-state index is 0.226. The molecule has 0 saturated heterocycles. The Kier molecular flexibility index (Phi) is 6.88. The topological polar surface area (TPSA) is 117 Å². The standard InChI is InChI=1S/C25H29N3O5S/c1-15-7-12-19(24(30)26-15)17-13-20(25(2,3)4)22(33-5)21(14-17)27-23(29)16-8-10-18(11-9-16)28-34(6,31)32/h7-14,28H,1-6H3,(H,26,30)(H,27,29). The second kappa shape index (κ2) is 9.34. The third kappa shape index (κ3) is 5.85. The number of hydrogen-bond acceptors (Lipinski definition) is 5. The number of hydrogen-bond donors (Lipinski definition) is 3. The maximum absolute atomic E-state index is 13.0. The van der Waals surface area contributed by atoms with Gasteiger partial charge in [-0.3, -0.25) is 14.3 Å². The summed E-state index contributed by atoms with van der Waals surface area (Å²) in [6.07, 6.45) is 1.05. The molecule has 0 aliphatic heterocycles. The van der Waals surface area contributed by atoms with Gasteiger partial charge in [0.15, 0.2) is 0 Å². The highest BCUT2D eigenvalue weighted by Crippen LogP contribution is 2.40. The fourth-order valence-corrected chi connectivity index (χ4v) is 4.12. The van der Waals surface area contributed by atoms with Crippen LogP contribution in [0.2, 0.25) is 0 Å². The fraction of sp³-hybridized carbons (Fsp3) is 0.280. The number of aromatic amines is 1. The van der Waals surface area contributed by atoms with Crippen molar-refractivity contribution in [2.24, 2.45) is 0 Å². The van der Waals surface area contributed by atoms with Crippen molar-refractivity contribution in [3.05, 3.63) is 75.7 Å². The molecule has 0 aliphatic rings. The van der Waals surface area contributed by atoms with Gasteiger partial charge in [-0.2, -0.15) is 0 Å². The van der Waals surface area contributed by atoms with Gasteiger partial charge in [-0.15, -0.1) is 0 Å². The van der Waals surface area contributed by atoms with Crippen LogP contribution in [-0.2, 0) is 15.4 Å². The number of ether oxygens (including phenoxy) is 1. The minimum atomic E-state index is -3.42. The minimum Gasteiger partial charge on any atom is -0.494 e. The van der Waals surface area contributed by atoms with E-state index in [1.807, 2.05) is 39.8 Å². The van der Waals surface area contributed by atoms with E-state index in [2.05, 4.69) is 15.0 Å². The quantitative estimate of drug-likeness (QED) is 0.484. The van der Waals surface area contributed by atoms with Gasteiger partial charge in [-0.05, 0) is 66.4 Å². The van der Waals surface area contributed by atoms with Gasteiger partial charge in [0, 0.05) is 28.1 Å². The lowest BCUT2D eigenvalue weighted by Crippen LogP contribution is -2.18. The van der Waals surface area contributed by atoms with Gasteiger partial charge in [0.05, 0.1) is 19.1 Å². The molecule has 1 amide bonds. The number of aryl methyl sites for hydroxylation is 1. The van der Waals surface area contributed by atoms with Crippen LogP contribution in [0.4, 0.5) is 11.4 Å². The average molecular weight is 484 g/mol. The van der Waals surface area contributed by atoms with Crippen molar-refractivity contribution in [2.75, 3.05) is 23.4 Å². The molecule has 0 atom stereocenters. The maximum atomic E-state index is 13.0. The molecule has 2 aromatic carbocycles. The van der Waals surface area contributed by atoms with E-state index in [0.29, 0.717) is 33.8 Å². The van der Waals surface area contributed by atoms with Crippen molar-refractivity contribution in [3.8, 4) is 16.9 Å². The molecule has 0 bridgehead atoms. The van der Waals surface area contributed by atoms with E-state index >= 15 is 0 Å². The lowest BCUT2D eigenvalue weighted by Gasteiger charge is -2.25. The summed E-state index contributed by atoms with van der Waals surface area (Å²) < 4.78 is 30.9. The second-order valence-corrected chi connectivity index (χ2v) is 10.9. The van der Waals surface area contributed by atoms with Crippen molar-refractivity contribution in [1.82, 2.24) is 4.98 Å². The van der Waals surface area contributed by atoms with E-state index in [-0.39, 0.29) is 11.0 Å². The normalized spacial score (nSPS) is 11.7. The molecule has 8 nitrogen and oxygen atoms in total. The summed E-state index contributed by atoms with van der Waals surface area (Å²) >= 11 is 0. The summed E-state index contributed by atoms with van der Waals surface area (Å²) in [5.74, 6) is 0.0996. The number of aromatic nitrogens is 1. The van der Waals surface area contributed by atoms with Gasteiger partial charge < -0.3 is 15.0 Å². The molecule has 3 rings (SSSR count). The summed E-state index contributed by atoms with van der Waals surface area (Å²) in [5.41, 5.74) is 3.25. The highest BCUT2D eigenvalue weighted by molar-refractivity contribution is 7.92.